The molecule has 3 saturated heterocycles. The van der Waals surface area contributed by atoms with Crippen LogP contribution in [0.25, 0.3) is 0 Å². The maximum atomic E-state index is 15.0. The third-order valence-corrected chi connectivity index (χ3v) is 18.5. The predicted molar refractivity (Wildman–Crippen MR) is 216 cm³/mol. The second-order valence-electron chi connectivity index (χ2n) is 19.6. The van der Waals surface area contributed by atoms with Gasteiger partial charge in [-0.3, -0.25) is 4.79 Å². The van der Waals surface area contributed by atoms with E-state index in [4.69, 9.17) is 27.8 Å². The fraction of sp³-hybridized carbons (Fsp3) is 0.791. The van der Waals surface area contributed by atoms with E-state index in [9.17, 15) is 5.11 Å². The highest BCUT2D eigenvalue weighted by atomic mass is 28.4. The third kappa shape index (κ3) is 8.95. The second kappa shape index (κ2) is 15.9. The summed E-state index contributed by atoms with van der Waals surface area (Å²) < 4.78 is 42.0. The van der Waals surface area contributed by atoms with Gasteiger partial charge >= 0.3 is 5.97 Å². The largest absolute Gasteiger partial charge is 0.462 e. The van der Waals surface area contributed by atoms with Crippen molar-refractivity contribution in [2.45, 2.75) is 187 Å². The minimum absolute atomic E-state index is 0.0254. The quantitative estimate of drug-likeness (QED) is 0.162. The zero-order valence-corrected chi connectivity index (χ0v) is 37.4. The Kier molecular flexibility index (Phi) is 12.8. The molecule has 1 N–H and O–H groups in total. The first-order valence-corrected chi connectivity index (χ1v) is 26.8. The lowest BCUT2D eigenvalue weighted by atomic mass is 9.71. The zero-order valence-electron chi connectivity index (χ0n) is 35.4. The molecule has 1 unspecified atom stereocenters. The molecule has 3 fully saturated rings. The van der Waals surface area contributed by atoms with Crippen molar-refractivity contribution in [3.63, 3.8) is 0 Å². The van der Waals surface area contributed by atoms with Crippen LogP contribution in [0.15, 0.2) is 47.1 Å². The number of aliphatic hydroxyl groups excluding tert-OH is 1. The average Bonchev–Trinajstić information content (AvgIpc) is 3.41. The lowest BCUT2D eigenvalue weighted by molar-refractivity contribution is -0.340. The summed E-state index contributed by atoms with van der Waals surface area (Å²) in [6, 6.07) is 0. The number of hydrogen-bond donors (Lipinski definition) is 1. The van der Waals surface area contributed by atoms with Crippen molar-refractivity contribution >= 4 is 22.6 Å². The minimum atomic E-state index is -2.34. The van der Waals surface area contributed by atoms with Crippen LogP contribution in [-0.2, 0) is 32.6 Å². The van der Waals surface area contributed by atoms with Crippen LogP contribution < -0.4 is 0 Å². The lowest BCUT2D eigenvalue weighted by Gasteiger charge is -2.52. The monoisotopic (exact) mass is 772 g/mol. The number of esters is 1. The van der Waals surface area contributed by atoms with Crippen molar-refractivity contribution in [2.75, 3.05) is 6.61 Å². The van der Waals surface area contributed by atoms with E-state index in [0.717, 1.165) is 36.0 Å². The molecule has 2 bridgehead atoms. The number of allylic oxidation sites excluding steroid dienone is 2. The number of carbonyl (C=O) groups excluding carboxylic acids is 1. The molecule has 10 heteroatoms. The highest BCUT2D eigenvalue weighted by Gasteiger charge is 2.64. The molecule has 12 atom stereocenters. The summed E-state index contributed by atoms with van der Waals surface area (Å²) >= 11 is 0. The van der Waals surface area contributed by atoms with E-state index in [1.807, 2.05) is 26.0 Å². The van der Waals surface area contributed by atoms with E-state index < -0.39 is 52.3 Å². The van der Waals surface area contributed by atoms with Crippen LogP contribution in [-0.4, -0.2) is 82.3 Å². The number of rotatable bonds is 6. The van der Waals surface area contributed by atoms with Crippen LogP contribution in [0.5, 0.6) is 0 Å². The first-order chi connectivity index (χ1) is 24.5. The molecule has 4 aliphatic heterocycles. The average molecular weight is 773 g/mol. The molecule has 0 aromatic heterocycles. The molecule has 8 nitrogen and oxygen atoms in total. The van der Waals surface area contributed by atoms with Crippen molar-refractivity contribution in [3.05, 3.63) is 47.1 Å². The SMILES string of the molecule is CCC(C)[C@H]1O[C@]2(CC[C@@H]1C)C[C@@H]1C[C@@H](C/C=C(\C)[C@@H](O)[C@@H](C)/C=C/C=C3\CO[C@@H]4[C@H](O[Si](C)(C)C(C)(C)C)C(C)=C[C@@H](C(=O)O1)[C@]34O[Si](C)(C)C)O2. The van der Waals surface area contributed by atoms with E-state index in [-0.39, 0.29) is 35.2 Å². The number of hydrogen-bond acceptors (Lipinski definition) is 8. The topological polar surface area (TPSA) is 92.7 Å². The Hall–Kier alpha value is -1.38. The molecular formula is C43H72O8Si2. The van der Waals surface area contributed by atoms with Crippen LogP contribution in [0.2, 0.25) is 37.8 Å². The molecule has 4 heterocycles. The van der Waals surface area contributed by atoms with E-state index in [1.165, 1.54) is 0 Å². The van der Waals surface area contributed by atoms with Gasteiger partial charge in [0.25, 0.3) is 0 Å². The number of fused-ring (bicyclic) bond motifs is 2. The fourth-order valence-corrected chi connectivity index (χ4v) is 11.5. The van der Waals surface area contributed by atoms with Gasteiger partial charge in [0.15, 0.2) is 22.4 Å². The third-order valence-electron chi connectivity index (χ3n) is 13.1. The van der Waals surface area contributed by atoms with Crippen LogP contribution in [0.1, 0.15) is 101 Å². The van der Waals surface area contributed by atoms with E-state index in [1.54, 1.807) is 0 Å². The van der Waals surface area contributed by atoms with E-state index in [2.05, 4.69) is 99.4 Å². The van der Waals surface area contributed by atoms with Crippen molar-refractivity contribution in [1.29, 1.82) is 0 Å². The molecule has 1 spiro atoms. The number of aliphatic hydroxyl groups is 1. The molecule has 300 valence electrons. The van der Waals surface area contributed by atoms with Crippen LogP contribution in [0.3, 0.4) is 0 Å². The van der Waals surface area contributed by atoms with Gasteiger partial charge in [0.2, 0.25) is 0 Å². The molecule has 53 heavy (non-hydrogen) atoms. The van der Waals surface area contributed by atoms with Crippen molar-refractivity contribution in [1.82, 2.24) is 0 Å². The van der Waals surface area contributed by atoms with Crippen LogP contribution in [0, 0.1) is 23.7 Å². The van der Waals surface area contributed by atoms with Crippen molar-refractivity contribution < 1.29 is 37.7 Å². The molecule has 0 saturated carbocycles. The summed E-state index contributed by atoms with van der Waals surface area (Å²) in [4.78, 5) is 15.0. The molecule has 1 aliphatic carbocycles. The Morgan fingerprint density at radius 1 is 1.06 bits per heavy atom. The van der Waals surface area contributed by atoms with Gasteiger partial charge < -0.3 is 32.9 Å². The summed E-state index contributed by atoms with van der Waals surface area (Å²) in [5, 5.41) is 11.4. The van der Waals surface area contributed by atoms with Gasteiger partial charge in [0.05, 0.1) is 31.0 Å². The highest BCUT2D eigenvalue weighted by molar-refractivity contribution is 6.74. The van der Waals surface area contributed by atoms with Gasteiger partial charge in [-0.15, -0.1) is 0 Å². The van der Waals surface area contributed by atoms with Crippen LogP contribution >= 0.6 is 0 Å². The van der Waals surface area contributed by atoms with Gasteiger partial charge in [-0.2, -0.15) is 0 Å². The number of ether oxygens (including phenoxy) is 4. The summed E-state index contributed by atoms with van der Waals surface area (Å²) in [6.45, 7) is 30.9. The standard InChI is InChI=1S/C43H72O8Si2/c1-15-27(2)37-30(5)21-22-42(49-37)25-34-24-33(48-42)20-19-29(4)36(44)28(3)17-16-18-32-26-46-39-38(50-53(13,14)41(7,8)9)31(6)23-35(40(45)47-34)43(32,39)51-52(10,11)12/h16-19,23,27-28,30,33-39,44H,15,20-22,24-26H2,1-14H3/b17-16+,29-19+,32-18+/t27?,28-,30-,33+,34-,35-,36-,37+,38+,39+,42+,43+/m0/s1. The molecule has 0 amide bonds. The number of carbonyl (C=O) groups is 1. The Labute approximate surface area is 323 Å². The molecule has 0 radical (unpaired) electrons. The Balaban J connectivity index is 1.64. The first kappa shape index (κ1) is 42.8. The molecule has 0 aromatic rings. The zero-order chi connectivity index (χ0) is 39.3. The maximum Gasteiger partial charge on any atom is 0.316 e. The smallest absolute Gasteiger partial charge is 0.316 e. The van der Waals surface area contributed by atoms with E-state index >= 15 is 4.79 Å². The Bertz CT molecular complexity index is 1450. The fourth-order valence-electron chi connectivity index (χ4n) is 8.85. The van der Waals surface area contributed by atoms with Crippen molar-refractivity contribution in [2.24, 2.45) is 23.7 Å². The highest BCUT2D eigenvalue weighted by Crippen LogP contribution is 2.52. The van der Waals surface area contributed by atoms with Crippen molar-refractivity contribution in [3.8, 4) is 0 Å². The lowest BCUT2D eigenvalue weighted by Crippen LogP contribution is -2.64. The summed E-state index contributed by atoms with van der Waals surface area (Å²) in [5.74, 6) is -1.23. The predicted octanol–water partition coefficient (Wildman–Crippen LogP) is 9.42. The second-order valence-corrected chi connectivity index (χ2v) is 28.8. The van der Waals surface area contributed by atoms with Gasteiger partial charge in [-0.1, -0.05) is 85.3 Å². The molecule has 5 aliphatic rings. The maximum absolute atomic E-state index is 15.0. The van der Waals surface area contributed by atoms with Gasteiger partial charge in [-0.25, -0.2) is 0 Å². The van der Waals surface area contributed by atoms with E-state index in [0.29, 0.717) is 37.7 Å². The summed E-state index contributed by atoms with van der Waals surface area (Å²) in [6.07, 6.45) is 12.5. The summed E-state index contributed by atoms with van der Waals surface area (Å²) in [5.41, 5.74) is 1.66. The Morgan fingerprint density at radius 3 is 2.40 bits per heavy atom. The first-order valence-electron chi connectivity index (χ1n) is 20.5. The van der Waals surface area contributed by atoms with Gasteiger partial charge in [0.1, 0.15) is 23.7 Å². The minimum Gasteiger partial charge on any atom is -0.462 e. The normalized spacial score (nSPS) is 42.1. The van der Waals surface area contributed by atoms with Crippen LogP contribution in [0.4, 0.5) is 0 Å². The summed E-state index contributed by atoms with van der Waals surface area (Å²) in [7, 11) is -4.62. The Morgan fingerprint density at radius 2 is 1.75 bits per heavy atom. The molecule has 5 rings (SSSR count). The molecule has 0 aromatic carbocycles. The van der Waals surface area contributed by atoms with Gasteiger partial charge in [-0.05, 0) is 93.0 Å². The molecular weight excluding hydrogens is 701 g/mol. The van der Waals surface area contributed by atoms with Gasteiger partial charge in [0, 0.05) is 25.2 Å².